The van der Waals surface area contributed by atoms with Crippen molar-refractivity contribution in [1.82, 2.24) is 0 Å². The van der Waals surface area contributed by atoms with Crippen LogP contribution in [-0.4, -0.2) is 26.0 Å². The third-order valence-corrected chi connectivity index (χ3v) is 6.48. The van der Waals surface area contributed by atoms with Gasteiger partial charge in [0.1, 0.15) is 10.0 Å². The zero-order valence-corrected chi connectivity index (χ0v) is 14.2. The highest BCUT2D eigenvalue weighted by Crippen LogP contribution is 2.31. The van der Waals surface area contributed by atoms with Crippen LogP contribution in [0.5, 0.6) is 0 Å². The molecule has 8 heteroatoms. The number of benzene rings is 1. The third-order valence-electron chi connectivity index (χ3n) is 3.22. The molecule has 1 aromatic heterocycles. The summed E-state index contributed by atoms with van der Waals surface area (Å²) in [5, 5.41) is 12.1. The van der Waals surface area contributed by atoms with E-state index in [1.54, 1.807) is 13.8 Å². The van der Waals surface area contributed by atoms with Crippen molar-refractivity contribution in [2.24, 2.45) is 5.41 Å². The zero-order valence-electron chi connectivity index (χ0n) is 12.5. The van der Waals surface area contributed by atoms with Gasteiger partial charge >= 0.3 is 0 Å². The zero-order chi connectivity index (χ0) is 17.3. The monoisotopic (exact) mass is 357 g/mol. The maximum Gasteiger partial charge on any atom is 0.232 e. The van der Waals surface area contributed by atoms with Crippen LogP contribution >= 0.6 is 11.3 Å². The van der Waals surface area contributed by atoms with E-state index in [1.807, 2.05) is 0 Å². The Hall–Kier alpha value is -1.77. The van der Waals surface area contributed by atoms with Crippen molar-refractivity contribution in [1.29, 1.82) is 0 Å². The fourth-order valence-electron chi connectivity index (χ4n) is 1.61. The average molecular weight is 357 g/mol. The van der Waals surface area contributed by atoms with E-state index in [0.717, 1.165) is 23.5 Å². The molecule has 2 aromatic rings. The summed E-state index contributed by atoms with van der Waals surface area (Å²) in [6, 6.07) is 7.40. The standard InChI is InChI=1S/C15H16FNO4S2/c1-15(2,9-18)14(19)17-12-7-8-13(22-12)23(20,21)11-5-3-10(16)4-6-11/h3-8,18H,9H2,1-2H3,(H,17,19). The number of aliphatic hydroxyl groups is 1. The Balaban J connectivity index is 2.25. The van der Waals surface area contributed by atoms with Gasteiger partial charge in [-0.25, -0.2) is 12.8 Å². The molecule has 0 spiro atoms. The molecule has 23 heavy (non-hydrogen) atoms. The van der Waals surface area contributed by atoms with Crippen molar-refractivity contribution < 1.29 is 22.7 Å². The minimum atomic E-state index is -3.76. The number of nitrogens with one attached hydrogen (secondary N) is 1. The molecule has 0 aliphatic heterocycles. The number of carbonyl (C=O) groups is 1. The number of anilines is 1. The van der Waals surface area contributed by atoms with Crippen LogP contribution < -0.4 is 5.32 Å². The van der Waals surface area contributed by atoms with E-state index in [-0.39, 0.29) is 15.7 Å². The maximum atomic E-state index is 12.9. The first-order chi connectivity index (χ1) is 10.7. The van der Waals surface area contributed by atoms with E-state index in [9.17, 15) is 17.6 Å². The highest BCUT2D eigenvalue weighted by Gasteiger charge is 2.28. The van der Waals surface area contributed by atoms with Crippen molar-refractivity contribution in [2.75, 3.05) is 11.9 Å². The molecular weight excluding hydrogens is 341 g/mol. The molecule has 0 aliphatic carbocycles. The van der Waals surface area contributed by atoms with Crippen LogP contribution in [0.15, 0.2) is 45.5 Å². The van der Waals surface area contributed by atoms with Gasteiger partial charge in [0.05, 0.1) is 21.9 Å². The highest BCUT2D eigenvalue weighted by atomic mass is 32.2. The van der Waals surface area contributed by atoms with Gasteiger partial charge in [-0.2, -0.15) is 0 Å². The summed E-state index contributed by atoms with van der Waals surface area (Å²) in [7, 11) is -3.76. The van der Waals surface area contributed by atoms with Crippen molar-refractivity contribution >= 4 is 32.1 Å². The Labute approximate surface area is 137 Å². The number of carbonyl (C=O) groups excluding carboxylic acids is 1. The Morgan fingerprint density at radius 1 is 1.22 bits per heavy atom. The summed E-state index contributed by atoms with van der Waals surface area (Å²) < 4.78 is 37.8. The average Bonchev–Trinajstić information content (AvgIpc) is 2.97. The van der Waals surface area contributed by atoms with Crippen LogP contribution in [0.1, 0.15) is 13.8 Å². The van der Waals surface area contributed by atoms with E-state index in [1.165, 1.54) is 24.3 Å². The van der Waals surface area contributed by atoms with Crippen molar-refractivity contribution in [3.8, 4) is 0 Å². The molecule has 5 nitrogen and oxygen atoms in total. The normalized spacial score (nSPS) is 12.2. The summed E-state index contributed by atoms with van der Waals surface area (Å²) in [4.78, 5) is 12.0. The predicted octanol–water partition coefficient (Wildman–Crippen LogP) is 2.68. The van der Waals surface area contributed by atoms with E-state index < -0.39 is 27.0 Å². The quantitative estimate of drug-likeness (QED) is 0.806. The Morgan fingerprint density at radius 3 is 2.39 bits per heavy atom. The molecule has 0 saturated carbocycles. The van der Waals surface area contributed by atoms with Gasteiger partial charge in [-0.15, -0.1) is 11.3 Å². The molecule has 0 bridgehead atoms. The van der Waals surface area contributed by atoms with Crippen molar-refractivity contribution in [2.45, 2.75) is 23.0 Å². The van der Waals surface area contributed by atoms with Crippen LogP contribution in [0.2, 0.25) is 0 Å². The van der Waals surface area contributed by atoms with Crippen molar-refractivity contribution in [3.63, 3.8) is 0 Å². The van der Waals surface area contributed by atoms with E-state index >= 15 is 0 Å². The van der Waals surface area contributed by atoms with E-state index in [0.29, 0.717) is 5.00 Å². The van der Waals surface area contributed by atoms with Gasteiger partial charge in [0.25, 0.3) is 0 Å². The van der Waals surface area contributed by atoms with E-state index in [4.69, 9.17) is 5.11 Å². The molecule has 1 aromatic carbocycles. The second kappa shape index (κ2) is 6.38. The van der Waals surface area contributed by atoms with Gasteiger partial charge in [-0.3, -0.25) is 4.79 Å². The van der Waals surface area contributed by atoms with Crippen molar-refractivity contribution in [3.05, 3.63) is 42.2 Å². The lowest BCUT2D eigenvalue weighted by Gasteiger charge is -2.19. The SMILES string of the molecule is CC(C)(CO)C(=O)Nc1ccc(S(=O)(=O)c2ccc(F)cc2)s1. The van der Waals surface area contributed by atoms with Gasteiger partial charge in [0.15, 0.2) is 0 Å². The van der Waals surface area contributed by atoms with Gasteiger partial charge in [0, 0.05) is 0 Å². The van der Waals surface area contributed by atoms with E-state index in [2.05, 4.69) is 5.32 Å². The molecule has 0 fully saturated rings. The number of rotatable bonds is 5. The highest BCUT2D eigenvalue weighted by molar-refractivity contribution is 7.93. The van der Waals surface area contributed by atoms with Gasteiger partial charge in [-0.05, 0) is 50.2 Å². The molecule has 2 rings (SSSR count). The third kappa shape index (κ3) is 3.77. The molecule has 0 radical (unpaired) electrons. The molecule has 0 aliphatic rings. The summed E-state index contributed by atoms with van der Waals surface area (Å²) >= 11 is 0.898. The largest absolute Gasteiger partial charge is 0.395 e. The van der Waals surface area contributed by atoms with Crippen LogP contribution in [0.4, 0.5) is 9.39 Å². The molecule has 1 heterocycles. The number of hydrogen-bond acceptors (Lipinski definition) is 5. The lowest BCUT2D eigenvalue weighted by Crippen LogP contribution is -2.33. The maximum absolute atomic E-state index is 12.9. The lowest BCUT2D eigenvalue weighted by atomic mass is 9.94. The molecule has 0 saturated heterocycles. The first-order valence-corrected chi connectivity index (χ1v) is 8.99. The molecule has 2 N–H and O–H groups in total. The minimum absolute atomic E-state index is 0.0192. The van der Waals surface area contributed by atoms with Gasteiger partial charge < -0.3 is 10.4 Å². The molecule has 0 unspecified atom stereocenters. The molecule has 0 atom stereocenters. The summed E-state index contributed by atoms with van der Waals surface area (Å²) in [6.45, 7) is 2.82. The summed E-state index contributed by atoms with van der Waals surface area (Å²) in [5.74, 6) is -0.929. The van der Waals surface area contributed by atoms with Crippen LogP contribution in [0.25, 0.3) is 0 Å². The molecule has 124 valence electrons. The first kappa shape index (κ1) is 17.6. The fourth-order valence-corrected chi connectivity index (χ4v) is 4.22. The Morgan fingerprint density at radius 2 is 1.83 bits per heavy atom. The van der Waals surface area contributed by atoms with Crippen LogP contribution in [-0.2, 0) is 14.6 Å². The minimum Gasteiger partial charge on any atom is -0.395 e. The smallest absolute Gasteiger partial charge is 0.232 e. The fraction of sp³-hybridized carbons (Fsp3) is 0.267. The number of halogens is 1. The van der Waals surface area contributed by atoms with Gasteiger partial charge in [0.2, 0.25) is 15.7 Å². The van der Waals surface area contributed by atoms with Gasteiger partial charge in [-0.1, -0.05) is 0 Å². The predicted molar refractivity (Wildman–Crippen MR) is 85.7 cm³/mol. The lowest BCUT2D eigenvalue weighted by molar-refractivity contribution is -0.125. The number of amides is 1. The molecular formula is C15H16FNO4S2. The summed E-state index contributed by atoms with van der Waals surface area (Å²) in [6.07, 6.45) is 0. The topological polar surface area (TPSA) is 83.5 Å². The number of aliphatic hydroxyl groups excluding tert-OH is 1. The number of thiophene rings is 1. The number of hydrogen-bond donors (Lipinski definition) is 2. The first-order valence-electron chi connectivity index (χ1n) is 6.69. The second-order valence-corrected chi connectivity index (χ2v) is 8.83. The number of sulfone groups is 1. The molecule has 1 amide bonds. The second-order valence-electron chi connectivity index (χ2n) is 5.57. The summed E-state index contributed by atoms with van der Waals surface area (Å²) in [5.41, 5.74) is -0.972. The van der Waals surface area contributed by atoms with Crippen LogP contribution in [0, 0.1) is 11.2 Å². The Kier molecular flexibility index (Phi) is 4.88. The Bertz CT molecular complexity index is 810. The van der Waals surface area contributed by atoms with Crippen LogP contribution in [0.3, 0.4) is 0 Å².